The van der Waals surface area contributed by atoms with Gasteiger partial charge in [-0.2, -0.15) is 0 Å². The fraction of sp³-hybridized carbons (Fsp3) is 0.556. The largest absolute Gasteiger partial charge is 0.353 e. The normalized spacial score (nSPS) is 29.5. The van der Waals surface area contributed by atoms with Gasteiger partial charge in [-0.1, -0.05) is 40.9 Å². The number of piperidine rings is 1. The van der Waals surface area contributed by atoms with Gasteiger partial charge in [0.1, 0.15) is 0 Å². The Balaban J connectivity index is 1.66. The Morgan fingerprint density at radius 2 is 2.21 bits per heavy atom. The molecule has 3 rings (SSSR count). The smallest absolute Gasteiger partial charge is 0.253 e. The number of carbonyl (C=O) groups excluding carboxylic acids is 2. The first-order valence-electron chi connectivity index (χ1n) is 8.53. The van der Waals surface area contributed by atoms with Crippen LogP contribution in [0.15, 0.2) is 22.7 Å². The molecule has 2 N–H and O–H groups in total. The first-order chi connectivity index (χ1) is 11.5. The van der Waals surface area contributed by atoms with Crippen molar-refractivity contribution in [2.24, 2.45) is 11.8 Å². The van der Waals surface area contributed by atoms with Gasteiger partial charge in [0.15, 0.2) is 0 Å². The van der Waals surface area contributed by atoms with Crippen LogP contribution in [0.5, 0.6) is 0 Å². The molecule has 4 nitrogen and oxygen atoms in total. The summed E-state index contributed by atoms with van der Waals surface area (Å²) in [5.41, 5.74) is 0.479. The third-order valence-electron chi connectivity index (χ3n) is 5.34. The van der Waals surface area contributed by atoms with Crippen LogP contribution in [0, 0.1) is 11.8 Å². The molecule has 24 heavy (non-hydrogen) atoms. The predicted molar refractivity (Wildman–Crippen MR) is 98.1 cm³/mol. The molecule has 2 aliphatic rings. The molecular formula is C18H22BrClN2O2. The van der Waals surface area contributed by atoms with Gasteiger partial charge in [-0.25, -0.2) is 0 Å². The molecule has 1 saturated heterocycles. The standard InChI is InChI=1S/C18H22BrClN2O2/c1-2-10-7-17(23)22-16-9-12(4-5-13(10)16)21-18(24)14-8-11(19)3-6-15(14)20/h3,6,8,10,12-13,16H,2,4-5,7,9H2,1H3,(H,21,24)(H,22,23). The van der Waals surface area contributed by atoms with E-state index in [0.717, 1.165) is 30.2 Å². The van der Waals surface area contributed by atoms with E-state index >= 15 is 0 Å². The van der Waals surface area contributed by atoms with E-state index in [2.05, 4.69) is 33.5 Å². The molecule has 1 aliphatic carbocycles. The van der Waals surface area contributed by atoms with Gasteiger partial charge >= 0.3 is 0 Å². The highest BCUT2D eigenvalue weighted by Gasteiger charge is 2.40. The SMILES string of the molecule is CCC1CC(=O)NC2CC(NC(=O)c3cc(Br)ccc3Cl)CCC12. The van der Waals surface area contributed by atoms with Crippen molar-refractivity contribution in [3.63, 3.8) is 0 Å². The van der Waals surface area contributed by atoms with Crippen molar-refractivity contribution < 1.29 is 9.59 Å². The van der Waals surface area contributed by atoms with Crippen LogP contribution in [0.2, 0.25) is 5.02 Å². The molecule has 2 amide bonds. The van der Waals surface area contributed by atoms with E-state index in [1.807, 2.05) is 6.07 Å². The van der Waals surface area contributed by atoms with Crippen molar-refractivity contribution >= 4 is 39.3 Å². The molecule has 4 unspecified atom stereocenters. The summed E-state index contributed by atoms with van der Waals surface area (Å²) in [5, 5.41) is 6.66. The Labute approximate surface area is 155 Å². The summed E-state index contributed by atoms with van der Waals surface area (Å²) in [7, 11) is 0. The zero-order valence-electron chi connectivity index (χ0n) is 13.6. The van der Waals surface area contributed by atoms with Crippen LogP contribution in [0.1, 0.15) is 49.4 Å². The van der Waals surface area contributed by atoms with Gasteiger partial charge in [-0.05, 0) is 49.3 Å². The molecule has 1 aromatic carbocycles. The Morgan fingerprint density at radius 3 is 2.96 bits per heavy atom. The van der Waals surface area contributed by atoms with Gasteiger partial charge in [0.2, 0.25) is 5.91 Å². The lowest BCUT2D eigenvalue weighted by Crippen LogP contribution is -2.55. The van der Waals surface area contributed by atoms with Crippen molar-refractivity contribution in [3.8, 4) is 0 Å². The number of carbonyl (C=O) groups is 2. The molecule has 1 heterocycles. The number of hydrogen-bond acceptors (Lipinski definition) is 2. The summed E-state index contributed by atoms with van der Waals surface area (Å²) in [6, 6.07) is 5.51. The second kappa shape index (κ2) is 7.44. The summed E-state index contributed by atoms with van der Waals surface area (Å²) < 4.78 is 0.825. The van der Waals surface area contributed by atoms with Gasteiger partial charge in [-0.15, -0.1) is 0 Å². The second-order valence-electron chi connectivity index (χ2n) is 6.82. The molecule has 0 radical (unpaired) electrons. The molecule has 0 aromatic heterocycles. The molecule has 0 bridgehead atoms. The van der Waals surface area contributed by atoms with Crippen molar-refractivity contribution in [1.82, 2.24) is 10.6 Å². The van der Waals surface area contributed by atoms with Gasteiger partial charge in [0, 0.05) is 23.0 Å². The van der Waals surface area contributed by atoms with E-state index in [1.165, 1.54) is 0 Å². The van der Waals surface area contributed by atoms with E-state index in [1.54, 1.807) is 12.1 Å². The molecule has 1 aliphatic heterocycles. The van der Waals surface area contributed by atoms with E-state index in [4.69, 9.17) is 11.6 Å². The molecule has 0 spiro atoms. The number of fused-ring (bicyclic) bond motifs is 1. The van der Waals surface area contributed by atoms with Crippen LogP contribution in [-0.4, -0.2) is 23.9 Å². The van der Waals surface area contributed by atoms with Crippen molar-refractivity contribution in [1.29, 1.82) is 0 Å². The number of amides is 2. The molecule has 1 saturated carbocycles. The van der Waals surface area contributed by atoms with E-state index in [-0.39, 0.29) is 23.9 Å². The highest BCUT2D eigenvalue weighted by atomic mass is 79.9. The average Bonchev–Trinajstić information content (AvgIpc) is 2.55. The Kier molecular flexibility index (Phi) is 5.50. The van der Waals surface area contributed by atoms with Gasteiger partial charge < -0.3 is 10.6 Å². The maximum atomic E-state index is 12.5. The van der Waals surface area contributed by atoms with Gasteiger partial charge in [0.25, 0.3) is 5.91 Å². The van der Waals surface area contributed by atoms with E-state index in [0.29, 0.717) is 28.8 Å². The van der Waals surface area contributed by atoms with Crippen molar-refractivity contribution in [2.45, 2.75) is 51.1 Å². The predicted octanol–water partition coefficient (Wildman–Crippen LogP) is 3.92. The Bertz CT molecular complexity index is 652. The minimum absolute atomic E-state index is 0.0738. The minimum atomic E-state index is -0.154. The fourth-order valence-electron chi connectivity index (χ4n) is 4.09. The summed E-state index contributed by atoms with van der Waals surface area (Å²) in [4.78, 5) is 24.4. The van der Waals surface area contributed by atoms with Crippen molar-refractivity contribution in [3.05, 3.63) is 33.3 Å². The highest BCUT2D eigenvalue weighted by molar-refractivity contribution is 9.10. The highest BCUT2D eigenvalue weighted by Crippen LogP contribution is 2.37. The Hall–Kier alpha value is -1.07. The second-order valence-corrected chi connectivity index (χ2v) is 8.14. The number of benzene rings is 1. The first kappa shape index (κ1) is 17.7. The lowest BCUT2D eigenvalue weighted by atomic mass is 9.70. The molecule has 2 fully saturated rings. The van der Waals surface area contributed by atoms with Crippen LogP contribution in [0.4, 0.5) is 0 Å². The lowest BCUT2D eigenvalue weighted by Gasteiger charge is -2.44. The van der Waals surface area contributed by atoms with E-state index < -0.39 is 0 Å². The topological polar surface area (TPSA) is 58.2 Å². The molecular weight excluding hydrogens is 392 g/mol. The Morgan fingerprint density at radius 1 is 1.42 bits per heavy atom. The van der Waals surface area contributed by atoms with E-state index in [9.17, 15) is 9.59 Å². The fourth-order valence-corrected chi connectivity index (χ4v) is 4.66. The number of nitrogens with one attached hydrogen (secondary N) is 2. The summed E-state index contributed by atoms with van der Waals surface area (Å²) >= 11 is 9.51. The first-order valence-corrected chi connectivity index (χ1v) is 9.70. The maximum absolute atomic E-state index is 12.5. The minimum Gasteiger partial charge on any atom is -0.353 e. The summed E-state index contributed by atoms with van der Waals surface area (Å²) in [6.07, 6.45) is 4.47. The van der Waals surface area contributed by atoms with Gasteiger partial charge in [0.05, 0.1) is 10.6 Å². The zero-order valence-corrected chi connectivity index (χ0v) is 16.0. The third-order valence-corrected chi connectivity index (χ3v) is 6.16. The van der Waals surface area contributed by atoms with Crippen molar-refractivity contribution in [2.75, 3.05) is 0 Å². The number of hydrogen-bond donors (Lipinski definition) is 2. The molecule has 6 heteroatoms. The van der Waals surface area contributed by atoms with Crippen LogP contribution in [0.25, 0.3) is 0 Å². The average molecular weight is 414 g/mol. The quantitative estimate of drug-likeness (QED) is 0.789. The summed E-state index contributed by atoms with van der Waals surface area (Å²) in [5.74, 6) is 0.999. The molecule has 4 atom stereocenters. The lowest BCUT2D eigenvalue weighted by molar-refractivity contribution is -0.127. The zero-order chi connectivity index (χ0) is 17.3. The number of halogens is 2. The summed E-state index contributed by atoms with van der Waals surface area (Å²) in [6.45, 7) is 2.16. The van der Waals surface area contributed by atoms with Crippen LogP contribution >= 0.6 is 27.5 Å². The monoisotopic (exact) mass is 412 g/mol. The third kappa shape index (κ3) is 3.77. The molecule has 1 aromatic rings. The maximum Gasteiger partial charge on any atom is 0.253 e. The number of rotatable bonds is 3. The molecule has 130 valence electrons. The van der Waals surface area contributed by atoms with Gasteiger partial charge in [-0.3, -0.25) is 9.59 Å². The van der Waals surface area contributed by atoms with Crippen LogP contribution in [0.3, 0.4) is 0 Å². The van der Waals surface area contributed by atoms with Crippen LogP contribution < -0.4 is 10.6 Å². The van der Waals surface area contributed by atoms with Crippen LogP contribution in [-0.2, 0) is 4.79 Å².